The molecule has 5 heteroatoms. The highest BCUT2D eigenvalue weighted by Crippen LogP contribution is 2.28. The van der Waals surface area contributed by atoms with Crippen molar-refractivity contribution in [1.29, 1.82) is 0 Å². The molecule has 1 aliphatic rings. The lowest BCUT2D eigenvalue weighted by Crippen LogP contribution is -2.40. The first-order valence-electron chi connectivity index (χ1n) is 6.01. The highest BCUT2D eigenvalue weighted by molar-refractivity contribution is 6.29. The zero-order valence-electron chi connectivity index (χ0n) is 9.94. The molecule has 1 aliphatic heterocycles. The summed E-state index contributed by atoms with van der Waals surface area (Å²) in [5, 5.41) is 8.46. The van der Waals surface area contributed by atoms with Crippen LogP contribution in [0.2, 0.25) is 5.15 Å². The third kappa shape index (κ3) is 3.23. The zero-order chi connectivity index (χ0) is 12.3. The van der Waals surface area contributed by atoms with Gasteiger partial charge in [0.05, 0.1) is 0 Å². The van der Waals surface area contributed by atoms with E-state index in [-0.39, 0.29) is 0 Å². The number of hydrogen-bond donors (Lipinski definition) is 0. The van der Waals surface area contributed by atoms with Crippen molar-refractivity contribution in [3.63, 3.8) is 0 Å². The molecule has 2 rings (SSSR count). The van der Waals surface area contributed by atoms with Gasteiger partial charge in [0.15, 0.2) is 11.0 Å². The molecule has 2 atom stereocenters. The van der Waals surface area contributed by atoms with E-state index in [1.807, 2.05) is 6.07 Å². The number of halogens is 2. The lowest BCUT2D eigenvalue weighted by molar-refractivity contribution is 0.291. The summed E-state index contributed by atoms with van der Waals surface area (Å²) in [5.41, 5.74) is 0. The fourth-order valence-corrected chi connectivity index (χ4v) is 2.83. The highest BCUT2D eigenvalue weighted by Gasteiger charge is 2.26. The van der Waals surface area contributed by atoms with Gasteiger partial charge in [-0.15, -0.1) is 21.8 Å². The largest absolute Gasteiger partial charge is 0.355 e. The minimum absolute atomic E-state index is 0.443. The SMILES string of the molecule is CC1CN(c2ccc(Cl)nn2)CCC1CCCl. The van der Waals surface area contributed by atoms with E-state index in [4.69, 9.17) is 23.2 Å². The van der Waals surface area contributed by atoms with Gasteiger partial charge in [-0.05, 0) is 36.8 Å². The Balaban J connectivity index is 1.99. The number of rotatable bonds is 3. The number of hydrogen-bond acceptors (Lipinski definition) is 3. The first-order chi connectivity index (χ1) is 8.20. The molecular formula is C12H17Cl2N3. The third-order valence-electron chi connectivity index (χ3n) is 3.50. The topological polar surface area (TPSA) is 29.0 Å². The summed E-state index contributed by atoms with van der Waals surface area (Å²) < 4.78 is 0. The molecule has 0 aliphatic carbocycles. The third-order valence-corrected chi connectivity index (χ3v) is 3.92. The summed E-state index contributed by atoms with van der Waals surface area (Å²) in [7, 11) is 0. The van der Waals surface area contributed by atoms with Crippen LogP contribution in [-0.4, -0.2) is 29.2 Å². The maximum atomic E-state index is 5.82. The predicted octanol–water partition coefficient (Wildman–Crippen LogP) is 3.22. The van der Waals surface area contributed by atoms with Crippen molar-refractivity contribution in [3.05, 3.63) is 17.3 Å². The maximum absolute atomic E-state index is 5.82. The summed E-state index contributed by atoms with van der Waals surface area (Å²) in [4.78, 5) is 2.28. The Kier molecular flexibility index (Phi) is 4.46. The zero-order valence-corrected chi connectivity index (χ0v) is 11.5. The van der Waals surface area contributed by atoms with Crippen molar-refractivity contribution in [1.82, 2.24) is 10.2 Å². The number of anilines is 1. The average Bonchev–Trinajstić information content (AvgIpc) is 2.33. The lowest BCUT2D eigenvalue weighted by Gasteiger charge is -2.37. The van der Waals surface area contributed by atoms with E-state index in [0.717, 1.165) is 37.1 Å². The fraction of sp³-hybridized carbons (Fsp3) is 0.667. The predicted molar refractivity (Wildman–Crippen MR) is 71.9 cm³/mol. The van der Waals surface area contributed by atoms with E-state index < -0.39 is 0 Å². The van der Waals surface area contributed by atoms with Gasteiger partial charge in [0.1, 0.15) is 0 Å². The van der Waals surface area contributed by atoms with Gasteiger partial charge in [0.25, 0.3) is 0 Å². The van der Waals surface area contributed by atoms with Crippen LogP contribution in [0, 0.1) is 11.8 Å². The number of aromatic nitrogens is 2. The van der Waals surface area contributed by atoms with E-state index in [1.54, 1.807) is 6.07 Å². The van der Waals surface area contributed by atoms with Crippen molar-refractivity contribution >= 4 is 29.0 Å². The summed E-state index contributed by atoms with van der Waals surface area (Å²) in [6, 6.07) is 3.73. The normalized spacial score (nSPS) is 25.0. The summed E-state index contributed by atoms with van der Waals surface area (Å²) in [6.45, 7) is 4.34. The van der Waals surface area contributed by atoms with Crippen LogP contribution in [0.25, 0.3) is 0 Å². The van der Waals surface area contributed by atoms with Gasteiger partial charge in [-0.1, -0.05) is 18.5 Å². The van der Waals surface area contributed by atoms with Crippen molar-refractivity contribution in [3.8, 4) is 0 Å². The monoisotopic (exact) mass is 273 g/mol. The highest BCUT2D eigenvalue weighted by atomic mass is 35.5. The minimum atomic E-state index is 0.443. The summed E-state index contributed by atoms with van der Waals surface area (Å²) in [6.07, 6.45) is 2.29. The number of alkyl halides is 1. The first kappa shape index (κ1) is 12.9. The van der Waals surface area contributed by atoms with Crippen molar-refractivity contribution < 1.29 is 0 Å². The Hall–Kier alpha value is -0.540. The molecule has 0 bridgehead atoms. The van der Waals surface area contributed by atoms with Crippen LogP contribution >= 0.6 is 23.2 Å². The van der Waals surface area contributed by atoms with Crippen LogP contribution in [0.15, 0.2) is 12.1 Å². The fourth-order valence-electron chi connectivity index (χ4n) is 2.45. The van der Waals surface area contributed by atoms with Crippen LogP contribution in [-0.2, 0) is 0 Å². The number of piperidine rings is 1. The van der Waals surface area contributed by atoms with Crippen LogP contribution in [0.5, 0.6) is 0 Å². The van der Waals surface area contributed by atoms with Gasteiger partial charge in [-0.25, -0.2) is 0 Å². The van der Waals surface area contributed by atoms with Gasteiger partial charge in [0, 0.05) is 19.0 Å². The molecule has 1 saturated heterocycles. The van der Waals surface area contributed by atoms with E-state index in [0.29, 0.717) is 11.1 Å². The average molecular weight is 274 g/mol. The van der Waals surface area contributed by atoms with Gasteiger partial charge in [0.2, 0.25) is 0 Å². The first-order valence-corrected chi connectivity index (χ1v) is 6.92. The second-order valence-corrected chi connectivity index (χ2v) is 5.43. The smallest absolute Gasteiger partial charge is 0.151 e. The van der Waals surface area contributed by atoms with E-state index in [1.165, 1.54) is 6.42 Å². The molecule has 2 heterocycles. The van der Waals surface area contributed by atoms with Crippen molar-refractivity contribution in [2.24, 2.45) is 11.8 Å². The second-order valence-electron chi connectivity index (χ2n) is 4.66. The molecule has 17 heavy (non-hydrogen) atoms. The van der Waals surface area contributed by atoms with Crippen molar-refractivity contribution in [2.45, 2.75) is 19.8 Å². The molecule has 0 amide bonds. The van der Waals surface area contributed by atoms with E-state index in [2.05, 4.69) is 22.0 Å². The molecule has 1 aromatic rings. The molecule has 3 nitrogen and oxygen atoms in total. The van der Waals surface area contributed by atoms with Crippen LogP contribution in [0.4, 0.5) is 5.82 Å². The summed E-state index contributed by atoms with van der Waals surface area (Å²) >= 11 is 11.6. The second kappa shape index (κ2) is 5.87. The Morgan fingerprint density at radius 1 is 1.41 bits per heavy atom. The molecule has 1 aromatic heterocycles. The van der Waals surface area contributed by atoms with Crippen LogP contribution < -0.4 is 4.90 Å². The standard InChI is InChI=1S/C12H17Cl2N3/c1-9-8-17(7-5-10(9)4-6-13)12-3-2-11(14)15-16-12/h2-3,9-10H,4-8H2,1H3. The van der Waals surface area contributed by atoms with E-state index in [9.17, 15) is 0 Å². The molecule has 0 spiro atoms. The molecule has 0 radical (unpaired) electrons. The van der Waals surface area contributed by atoms with Gasteiger partial charge < -0.3 is 4.90 Å². The van der Waals surface area contributed by atoms with E-state index >= 15 is 0 Å². The van der Waals surface area contributed by atoms with Gasteiger partial charge in [-0.2, -0.15) is 0 Å². The van der Waals surface area contributed by atoms with Gasteiger partial charge >= 0.3 is 0 Å². The summed E-state index contributed by atoms with van der Waals surface area (Å²) in [5.74, 6) is 3.07. The molecule has 1 fully saturated rings. The Morgan fingerprint density at radius 2 is 2.24 bits per heavy atom. The molecule has 94 valence electrons. The molecule has 0 N–H and O–H groups in total. The maximum Gasteiger partial charge on any atom is 0.151 e. The quantitative estimate of drug-likeness (QED) is 0.792. The Bertz CT molecular complexity index is 355. The lowest BCUT2D eigenvalue weighted by atomic mass is 9.85. The molecular weight excluding hydrogens is 257 g/mol. The van der Waals surface area contributed by atoms with Crippen molar-refractivity contribution in [2.75, 3.05) is 23.9 Å². The Morgan fingerprint density at radius 3 is 2.82 bits per heavy atom. The molecule has 2 unspecified atom stereocenters. The minimum Gasteiger partial charge on any atom is -0.355 e. The molecule has 0 saturated carbocycles. The van der Waals surface area contributed by atoms with Crippen LogP contribution in [0.1, 0.15) is 19.8 Å². The van der Waals surface area contributed by atoms with Crippen LogP contribution in [0.3, 0.4) is 0 Å². The Labute approximate surface area is 112 Å². The number of nitrogens with zero attached hydrogens (tertiary/aromatic N) is 3. The molecule has 0 aromatic carbocycles. The van der Waals surface area contributed by atoms with Gasteiger partial charge in [-0.3, -0.25) is 0 Å².